The van der Waals surface area contributed by atoms with Crippen LogP contribution in [-0.4, -0.2) is 18.4 Å². The molecule has 0 unspecified atom stereocenters. The van der Waals surface area contributed by atoms with Gasteiger partial charge in [-0.2, -0.15) is 0 Å². The van der Waals surface area contributed by atoms with Crippen molar-refractivity contribution in [1.82, 2.24) is 0 Å². The van der Waals surface area contributed by atoms with Crippen LogP contribution < -0.4 is 0 Å². The van der Waals surface area contributed by atoms with Gasteiger partial charge in [-0.15, -0.1) is 0 Å². The third-order valence-corrected chi connectivity index (χ3v) is 2.70. The van der Waals surface area contributed by atoms with Crippen LogP contribution >= 0.6 is 0 Å². The minimum atomic E-state index is -0.347. The van der Waals surface area contributed by atoms with Gasteiger partial charge in [0.25, 0.3) is 0 Å². The van der Waals surface area contributed by atoms with Gasteiger partial charge in [0.1, 0.15) is 0 Å². The molecule has 0 radical (unpaired) electrons. The molecule has 98 valence electrons. The molecular weight excluding hydrogens is 216 g/mol. The van der Waals surface area contributed by atoms with E-state index in [9.17, 15) is 9.59 Å². The van der Waals surface area contributed by atoms with Crippen molar-refractivity contribution in [3.8, 4) is 0 Å². The molecule has 0 aromatic rings. The Morgan fingerprint density at radius 2 is 1.59 bits per heavy atom. The Hall–Kier alpha value is -1.12. The number of ketones is 1. The molecule has 0 spiro atoms. The predicted molar refractivity (Wildman–Crippen MR) is 68.8 cm³/mol. The SMILES string of the molecule is CCCCOC(=O)C(C)=C(CCCC)C(C)=O. The van der Waals surface area contributed by atoms with E-state index in [4.69, 9.17) is 4.74 Å². The largest absolute Gasteiger partial charge is 0.462 e. The molecule has 0 saturated heterocycles. The molecule has 0 aromatic heterocycles. The summed E-state index contributed by atoms with van der Waals surface area (Å²) in [6.07, 6.45) is 4.46. The van der Waals surface area contributed by atoms with Crippen molar-refractivity contribution in [2.75, 3.05) is 6.61 Å². The second kappa shape index (κ2) is 8.97. The van der Waals surface area contributed by atoms with Gasteiger partial charge in [0.2, 0.25) is 0 Å². The number of unbranched alkanes of at least 4 members (excludes halogenated alkanes) is 2. The Labute approximate surface area is 104 Å². The molecule has 0 aliphatic carbocycles. The van der Waals surface area contributed by atoms with Gasteiger partial charge in [0, 0.05) is 11.1 Å². The molecule has 0 N–H and O–H groups in total. The zero-order chi connectivity index (χ0) is 13.3. The van der Waals surface area contributed by atoms with Crippen LogP contribution in [0.1, 0.15) is 59.8 Å². The molecule has 0 aliphatic heterocycles. The molecule has 17 heavy (non-hydrogen) atoms. The van der Waals surface area contributed by atoms with Crippen molar-refractivity contribution in [3.63, 3.8) is 0 Å². The van der Waals surface area contributed by atoms with Gasteiger partial charge in [-0.3, -0.25) is 4.79 Å². The highest BCUT2D eigenvalue weighted by Gasteiger charge is 2.15. The summed E-state index contributed by atoms with van der Waals surface area (Å²) in [6, 6.07) is 0. The fourth-order valence-electron chi connectivity index (χ4n) is 1.52. The summed E-state index contributed by atoms with van der Waals surface area (Å²) in [4.78, 5) is 23.2. The number of carbonyl (C=O) groups is 2. The van der Waals surface area contributed by atoms with Gasteiger partial charge in [0.05, 0.1) is 6.61 Å². The highest BCUT2D eigenvalue weighted by molar-refractivity contribution is 6.02. The summed E-state index contributed by atoms with van der Waals surface area (Å²) in [7, 11) is 0. The Kier molecular flexibility index (Phi) is 8.38. The van der Waals surface area contributed by atoms with E-state index in [1.165, 1.54) is 6.92 Å². The lowest BCUT2D eigenvalue weighted by atomic mass is 10.00. The normalized spacial score (nSPS) is 12.0. The smallest absolute Gasteiger partial charge is 0.334 e. The van der Waals surface area contributed by atoms with Gasteiger partial charge in [-0.1, -0.05) is 26.7 Å². The van der Waals surface area contributed by atoms with E-state index in [0.29, 0.717) is 24.2 Å². The van der Waals surface area contributed by atoms with Gasteiger partial charge in [-0.25, -0.2) is 4.79 Å². The van der Waals surface area contributed by atoms with Crippen molar-refractivity contribution in [2.24, 2.45) is 0 Å². The summed E-state index contributed by atoms with van der Waals surface area (Å²) < 4.78 is 5.11. The maximum absolute atomic E-state index is 11.7. The van der Waals surface area contributed by atoms with E-state index in [1.807, 2.05) is 6.92 Å². The van der Waals surface area contributed by atoms with Crippen LogP contribution in [-0.2, 0) is 14.3 Å². The first-order chi connectivity index (χ1) is 8.04. The van der Waals surface area contributed by atoms with Gasteiger partial charge in [-0.05, 0) is 33.1 Å². The van der Waals surface area contributed by atoms with Crippen LogP contribution in [0, 0.1) is 0 Å². The summed E-state index contributed by atoms with van der Waals surface area (Å²) in [5.74, 6) is -0.372. The molecule has 0 heterocycles. The van der Waals surface area contributed by atoms with E-state index < -0.39 is 0 Å². The number of esters is 1. The average molecular weight is 240 g/mol. The summed E-state index contributed by atoms with van der Waals surface area (Å²) >= 11 is 0. The number of allylic oxidation sites excluding steroid dienone is 1. The van der Waals surface area contributed by atoms with Crippen LogP contribution in [0.4, 0.5) is 0 Å². The number of hydrogen-bond acceptors (Lipinski definition) is 3. The Balaban J connectivity index is 4.57. The Bertz CT molecular complexity index is 290. The Morgan fingerprint density at radius 1 is 1.00 bits per heavy atom. The molecule has 0 rings (SSSR count). The molecule has 0 fully saturated rings. The molecule has 0 aliphatic rings. The molecular formula is C14H24O3. The minimum absolute atomic E-state index is 0.0246. The summed E-state index contributed by atoms with van der Waals surface area (Å²) in [5, 5.41) is 0. The van der Waals surface area contributed by atoms with Crippen LogP contribution in [0.2, 0.25) is 0 Å². The fraction of sp³-hybridized carbons (Fsp3) is 0.714. The number of carbonyl (C=O) groups excluding carboxylic acids is 2. The lowest BCUT2D eigenvalue weighted by Gasteiger charge is -2.09. The first kappa shape index (κ1) is 15.9. The minimum Gasteiger partial charge on any atom is -0.462 e. The second-order valence-corrected chi connectivity index (χ2v) is 4.25. The molecule has 0 bridgehead atoms. The van der Waals surface area contributed by atoms with Gasteiger partial charge < -0.3 is 4.74 Å². The van der Waals surface area contributed by atoms with E-state index in [-0.39, 0.29) is 11.8 Å². The highest BCUT2D eigenvalue weighted by atomic mass is 16.5. The van der Waals surface area contributed by atoms with Crippen LogP contribution in [0.25, 0.3) is 0 Å². The van der Waals surface area contributed by atoms with Crippen LogP contribution in [0.3, 0.4) is 0 Å². The zero-order valence-electron chi connectivity index (χ0n) is 11.5. The molecule has 3 nitrogen and oxygen atoms in total. The van der Waals surface area contributed by atoms with Crippen molar-refractivity contribution in [3.05, 3.63) is 11.1 Å². The summed E-state index contributed by atoms with van der Waals surface area (Å²) in [6.45, 7) is 7.73. The third kappa shape index (κ3) is 6.25. The molecule has 3 heteroatoms. The molecule has 0 amide bonds. The first-order valence-corrected chi connectivity index (χ1v) is 6.42. The predicted octanol–water partition coefficient (Wildman–Crippen LogP) is 3.43. The first-order valence-electron chi connectivity index (χ1n) is 6.42. The molecule has 0 atom stereocenters. The van der Waals surface area contributed by atoms with Crippen LogP contribution in [0.15, 0.2) is 11.1 Å². The lowest BCUT2D eigenvalue weighted by molar-refractivity contribution is -0.139. The van der Waals surface area contributed by atoms with E-state index in [1.54, 1.807) is 6.92 Å². The van der Waals surface area contributed by atoms with Crippen molar-refractivity contribution >= 4 is 11.8 Å². The van der Waals surface area contributed by atoms with Crippen molar-refractivity contribution in [1.29, 1.82) is 0 Å². The quantitative estimate of drug-likeness (QED) is 0.371. The van der Waals surface area contributed by atoms with Crippen molar-refractivity contribution < 1.29 is 14.3 Å². The molecule has 0 aromatic carbocycles. The monoisotopic (exact) mass is 240 g/mol. The topological polar surface area (TPSA) is 43.4 Å². The fourth-order valence-corrected chi connectivity index (χ4v) is 1.52. The summed E-state index contributed by atoms with van der Waals surface area (Å²) in [5.41, 5.74) is 1.09. The standard InChI is InChI=1S/C14H24O3/c1-5-7-9-13(12(4)15)11(3)14(16)17-10-8-6-2/h5-10H2,1-4H3. The maximum Gasteiger partial charge on any atom is 0.334 e. The molecule has 0 saturated carbocycles. The van der Waals surface area contributed by atoms with E-state index in [0.717, 1.165) is 25.7 Å². The number of hydrogen-bond donors (Lipinski definition) is 0. The van der Waals surface area contributed by atoms with E-state index in [2.05, 4.69) is 6.92 Å². The number of ether oxygens (including phenoxy) is 1. The number of rotatable bonds is 8. The third-order valence-electron chi connectivity index (χ3n) is 2.70. The van der Waals surface area contributed by atoms with Gasteiger partial charge in [0.15, 0.2) is 5.78 Å². The van der Waals surface area contributed by atoms with E-state index >= 15 is 0 Å². The van der Waals surface area contributed by atoms with Crippen molar-refractivity contribution in [2.45, 2.75) is 59.8 Å². The second-order valence-electron chi connectivity index (χ2n) is 4.25. The van der Waals surface area contributed by atoms with Crippen LogP contribution in [0.5, 0.6) is 0 Å². The average Bonchev–Trinajstić information content (AvgIpc) is 2.29. The highest BCUT2D eigenvalue weighted by Crippen LogP contribution is 2.15. The number of Topliss-reactive ketones (excluding diaryl/α,β-unsaturated/α-hetero) is 1. The maximum atomic E-state index is 11.7. The Morgan fingerprint density at radius 3 is 2.06 bits per heavy atom. The lowest BCUT2D eigenvalue weighted by Crippen LogP contribution is -2.12. The van der Waals surface area contributed by atoms with Gasteiger partial charge >= 0.3 is 5.97 Å². The zero-order valence-corrected chi connectivity index (χ0v) is 11.5.